The largest absolute Gasteiger partial charge is 0.387 e. The van der Waals surface area contributed by atoms with Crippen molar-refractivity contribution < 1.29 is 10.2 Å². The summed E-state index contributed by atoms with van der Waals surface area (Å²) in [6.07, 6.45) is 5.91. The predicted octanol–water partition coefficient (Wildman–Crippen LogP) is 1.88. The first-order valence-corrected chi connectivity index (χ1v) is 6.48. The number of aromatic nitrogens is 2. The second-order valence-electron chi connectivity index (χ2n) is 5.26. The molecule has 0 bridgehead atoms. The molecule has 1 atom stereocenters. The van der Waals surface area contributed by atoms with E-state index in [9.17, 15) is 10.2 Å². The summed E-state index contributed by atoms with van der Waals surface area (Å²) in [5.41, 5.74) is -0.995. The maximum Gasteiger partial charge on any atom is 0.140 e. The second-order valence-corrected chi connectivity index (χ2v) is 5.26. The quantitative estimate of drug-likeness (QED) is 0.845. The average molecular weight is 238 g/mol. The Hall–Kier alpha value is -0.870. The van der Waals surface area contributed by atoms with Crippen LogP contribution in [0.1, 0.15) is 51.5 Å². The van der Waals surface area contributed by atoms with Crippen LogP contribution in [0.25, 0.3) is 0 Å². The Bertz CT molecular complexity index is 367. The zero-order valence-corrected chi connectivity index (χ0v) is 10.6. The molecule has 2 rings (SSSR count). The van der Waals surface area contributed by atoms with E-state index in [0.717, 1.165) is 19.4 Å². The van der Waals surface area contributed by atoms with Crippen LogP contribution in [0.4, 0.5) is 0 Å². The van der Waals surface area contributed by atoms with E-state index in [1.54, 1.807) is 6.20 Å². The number of hydrogen-bond donors (Lipinski definition) is 2. The van der Waals surface area contributed by atoms with Crippen LogP contribution in [0.5, 0.6) is 0 Å². The van der Waals surface area contributed by atoms with Gasteiger partial charge in [-0.3, -0.25) is 0 Å². The highest BCUT2D eigenvalue weighted by Crippen LogP contribution is 2.39. The maximum atomic E-state index is 10.5. The van der Waals surface area contributed by atoms with Crippen LogP contribution < -0.4 is 0 Å². The minimum absolute atomic E-state index is 0.588. The van der Waals surface area contributed by atoms with E-state index in [4.69, 9.17) is 0 Å². The van der Waals surface area contributed by atoms with Crippen LogP contribution in [-0.2, 0) is 6.54 Å². The number of aryl methyl sites for hydroxylation is 1. The van der Waals surface area contributed by atoms with Gasteiger partial charge in [-0.25, -0.2) is 4.98 Å². The third-order valence-electron chi connectivity index (χ3n) is 3.98. The molecule has 4 nitrogen and oxygen atoms in total. The monoisotopic (exact) mass is 238 g/mol. The Morgan fingerprint density at radius 3 is 2.76 bits per heavy atom. The van der Waals surface area contributed by atoms with Crippen LogP contribution in [0.2, 0.25) is 0 Å². The molecule has 1 aromatic heterocycles. The third kappa shape index (κ3) is 2.38. The Morgan fingerprint density at radius 1 is 1.53 bits per heavy atom. The van der Waals surface area contributed by atoms with Gasteiger partial charge in [0.2, 0.25) is 0 Å². The summed E-state index contributed by atoms with van der Waals surface area (Å²) in [7, 11) is 0. The molecule has 1 fully saturated rings. The molecule has 0 aromatic carbocycles. The van der Waals surface area contributed by atoms with Crippen molar-refractivity contribution in [3.8, 4) is 0 Å². The van der Waals surface area contributed by atoms with Crippen molar-refractivity contribution in [3.63, 3.8) is 0 Å². The van der Waals surface area contributed by atoms with Gasteiger partial charge in [-0.05, 0) is 38.5 Å². The highest BCUT2D eigenvalue weighted by atomic mass is 16.3. The van der Waals surface area contributed by atoms with Crippen molar-refractivity contribution in [3.05, 3.63) is 18.2 Å². The Labute approximate surface area is 102 Å². The van der Waals surface area contributed by atoms with Crippen LogP contribution in [0.15, 0.2) is 12.4 Å². The normalized spacial score (nSPS) is 31.4. The molecule has 96 valence electrons. The standard InChI is InChI=1S/C13H22N2O2/c1-3-15-9-8-14-12(15)11(16)13(17)6-4-10(2)5-7-13/h8-11,16-17H,3-7H2,1-2H3. The molecule has 0 saturated heterocycles. The first kappa shape index (κ1) is 12.6. The molecule has 1 unspecified atom stereocenters. The lowest BCUT2D eigenvalue weighted by molar-refractivity contribution is -0.109. The molecule has 1 aliphatic rings. The fourth-order valence-electron chi connectivity index (χ4n) is 2.61. The minimum atomic E-state index is -0.995. The summed E-state index contributed by atoms with van der Waals surface area (Å²) in [5, 5.41) is 20.9. The van der Waals surface area contributed by atoms with E-state index in [2.05, 4.69) is 11.9 Å². The number of nitrogens with zero attached hydrogens (tertiary/aromatic N) is 2. The molecule has 1 aromatic rings. The average Bonchev–Trinajstić information content (AvgIpc) is 2.80. The van der Waals surface area contributed by atoms with Gasteiger partial charge in [0.1, 0.15) is 11.9 Å². The molecule has 17 heavy (non-hydrogen) atoms. The molecule has 0 spiro atoms. The summed E-state index contributed by atoms with van der Waals surface area (Å²) in [6, 6.07) is 0. The lowest BCUT2D eigenvalue weighted by Crippen LogP contribution is -2.41. The number of imidazole rings is 1. The molecule has 0 aliphatic heterocycles. The van der Waals surface area contributed by atoms with Gasteiger partial charge >= 0.3 is 0 Å². The predicted molar refractivity (Wildman–Crippen MR) is 65.4 cm³/mol. The van der Waals surface area contributed by atoms with Gasteiger partial charge in [-0.1, -0.05) is 6.92 Å². The van der Waals surface area contributed by atoms with Gasteiger partial charge in [0.25, 0.3) is 0 Å². The van der Waals surface area contributed by atoms with Gasteiger partial charge in [0.05, 0.1) is 5.60 Å². The first-order valence-electron chi connectivity index (χ1n) is 6.48. The lowest BCUT2D eigenvalue weighted by Gasteiger charge is -2.38. The number of rotatable bonds is 3. The van der Waals surface area contributed by atoms with E-state index in [1.165, 1.54) is 0 Å². The van der Waals surface area contributed by atoms with E-state index < -0.39 is 11.7 Å². The third-order valence-corrected chi connectivity index (χ3v) is 3.98. The number of aliphatic hydroxyl groups is 2. The molecular weight excluding hydrogens is 216 g/mol. The smallest absolute Gasteiger partial charge is 0.140 e. The fourth-order valence-corrected chi connectivity index (χ4v) is 2.61. The van der Waals surface area contributed by atoms with Gasteiger partial charge in [-0.15, -0.1) is 0 Å². The summed E-state index contributed by atoms with van der Waals surface area (Å²) in [5.74, 6) is 1.23. The van der Waals surface area contributed by atoms with Crippen LogP contribution in [-0.4, -0.2) is 25.4 Å². The summed E-state index contributed by atoms with van der Waals surface area (Å²) >= 11 is 0. The second kappa shape index (κ2) is 4.78. The molecule has 1 saturated carbocycles. The summed E-state index contributed by atoms with van der Waals surface area (Å²) in [6.45, 7) is 4.96. The molecule has 0 amide bonds. The highest BCUT2D eigenvalue weighted by molar-refractivity contribution is 5.05. The fraction of sp³-hybridized carbons (Fsp3) is 0.769. The highest BCUT2D eigenvalue weighted by Gasteiger charge is 2.41. The van der Waals surface area contributed by atoms with Gasteiger partial charge in [0, 0.05) is 18.9 Å². The Kier molecular flexibility index (Phi) is 3.54. The SMILES string of the molecule is CCn1ccnc1C(O)C1(O)CCC(C)CC1. The molecule has 2 N–H and O–H groups in total. The van der Waals surface area contributed by atoms with Gasteiger partial charge in [0.15, 0.2) is 0 Å². The molecule has 4 heteroatoms. The number of hydrogen-bond acceptors (Lipinski definition) is 3. The van der Waals surface area contributed by atoms with Crippen molar-refractivity contribution in [2.75, 3.05) is 0 Å². The first-order chi connectivity index (χ1) is 8.07. The van der Waals surface area contributed by atoms with E-state index in [1.807, 2.05) is 17.7 Å². The van der Waals surface area contributed by atoms with E-state index >= 15 is 0 Å². The van der Waals surface area contributed by atoms with Crippen molar-refractivity contribution in [1.29, 1.82) is 0 Å². The van der Waals surface area contributed by atoms with Crippen molar-refractivity contribution >= 4 is 0 Å². The Morgan fingerprint density at radius 2 is 2.18 bits per heavy atom. The van der Waals surface area contributed by atoms with Gasteiger partial charge in [-0.2, -0.15) is 0 Å². The summed E-state index contributed by atoms with van der Waals surface area (Å²) < 4.78 is 1.89. The minimum Gasteiger partial charge on any atom is -0.387 e. The van der Waals surface area contributed by atoms with Gasteiger partial charge < -0.3 is 14.8 Å². The summed E-state index contributed by atoms with van der Waals surface area (Å²) in [4.78, 5) is 4.18. The lowest BCUT2D eigenvalue weighted by atomic mass is 9.76. The van der Waals surface area contributed by atoms with E-state index in [-0.39, 0.29) is 0 Å². The van der Waals surface area contributed by atoms with Crippen molar-refractivity contribution in [2.24, 2.45) is 5.92 Å². The van der Waals surface area contributed by atoms with Crippen LogP contribution in [0.3, 0.4) is 0 Å². The zero-order valence-electron chi connectivity index (χ0n) is 10.6. The number of aliphatic hydroxyl groups excluding tert-OH is 1. The van der Waals surface area contributed by atoms with Crippen LogP contribution in [0, 0.1) is 5.92 Å². The molecule has 1 heterocycles. The molecule has 0 radical (unpaired) electrons. The maximum absolute atomic E-state index is 10.5. The van der Waals surface area contributed by atoms with Crippen LogP contribution >= 0.6 is 0 Å². The van der Waals surface area contributed by atoms with Crippen molar-refractivity contribution in [2.45, 2.75) is 57.8 Å². The zero-order chi connectivity index (χ0) is 12.5. The Balaban J connectivity index is 2.16. The molecule has 1 aliphatic carbocycles. The van der Waals surface area contributed by atoms with Crippen molar-refractivity contribution in [1.82, 2.24) is 9.55 Å². The van der Waals surface area contributed by atoms with E-state index in [0.29, 0.717) is 24.6 Å². The topological polar surface area (TPSA) is 58.3 Å². The molecular formula is C13H22N2O2.